The molecule has 0 unspecified atom stereocenters. The van der Waals surface area contributed by atoms with Crippen molar-refractivity contribution in [3.63, 3.8) is 0 Å². The summed E-state index contributed by atoms with van der Waals surface area (Å²) in [7, 11) is 1.59. The lowest BCUT2D eigenvalue weighted by Gasteiger charge is -2.23. The van der Waals surface area contributed by atoms with E-state index in [-0.39, 0.29) is 12.1 Å². The molecule has 1 fully saturated rings. The molecule has 2 heterocycles. The lowest BCUT2D eigenvalue weighted by molar-refractivity contribution is 0.164. The summed E-state index contributed by atoms with van der Waals surface area (Å²) in [5.41, 5.74) is 0.227. The third kappa shape index (κ3) is 3.77. The number of benzene rings is 1. The van der Waals surface area contributed by atoms with Crippen molar-refractivity contribution < 1.29 is 23.1 Å². The second-order valence-corrected chi connectivity index (χ2v) is 5.85. The highest BCUT2D eigenvalue weighted by atomic mass is 19.1. The molecule has 8 heteroatoms. The second-order valence-electron chi connectivity index (χ2n) is 5.85. The van der Waals surface area contributed by atoms with Gasteiger partial charge in [-0.25, -0.2) is 8.78 Å². The Kier molecular flexibility index (Phi) is 5.17. The molecular formula is C16H19F2N3O3. The predicted octanol–water partition coefficient (Wildman–Crippen LogP) is 1.84. The van der Waals surface area contributed by atoms with E-state index >= 15 is 0 Å². The zero-order chi connectivity index (χ0) is 17.1. The summed E-state index contributed by atoms with van der Waals surface area (Å²) in [6, 6.07) is 2.91. The zero-order valence-electron chi connectivity index (χ0n) is 13.3. The van der Waals surface area contributed by atoms with Crippen molar-refractivity contribution in [2.75, 3.05) is 20.3 Å². The first kappa shape index (κ1) is 16.9. The van der Waals surface area contributed by atoms with Crippen molar-refractivity contribution in [3.8, 4) is 0 Å². The van der Waals surface area contributed by atoms with E-state index in [0.717, 1.165) is 12.1 Å². The maximum Gasteiger partial charge on any atom is 0.240 e. The number of aliphatic hydroxyl groups is 1. The molecule has 2 atom stereocenters. The molecule has 1 saturated heterocycles. The van der Waals surface area contributed by atoms with Crippen LogP contribution in [0.5, 0.6) is 0 Å². The fourth-order valence-corrected chi connectivity index (χ4v) is 2.97. The number of halogens is 2. The summed E-state index contributed by atoms with van der Waals surface area (Å²) < 4.78 is 37.7. The predicted molar refractivity (Wildman–Crippen MR) is 80.0 cm³/mol. The third-order valence-corrected chi connectivity index (χ3v) is 4.08. The number of β-amino-alcohol motifs (C(OH)–C–C–N with tert-alkyl or cyclic N) is 1. The van der Waals surface area contributed by atoms with Crippen LogP contribution in [0, 0.1) is 11.6 Å². The monoisotopic (exact) mass is 339 g/mol. The summed E-state index contributed by atoms with van der Waals surface area (Å²) in [5, 5.41) is 13.8. The van der Waals surface area contributed by atoms with Gasteiger partial charge in [-0.15, -0.1) is 0 Å². The molecule has 1 aliphatic heterocycles. The SMILES string of the molecule is COCCc1noc(CN2C[C@H](O)C[C@@H]2c2cc(F)ccc2F)n1. The molecule has 0 bridgehead atoms. The molecule has 1 aromatic carbocycles. The fraction of sp³-hybridized carbons (Fsp3) is 0.500. The van der Waals surface area contributed by atoms with Gasteiger partial charge in [0.05, 0.1) is 19.3 Å². The van der Waals surface area contributed by atoms with Gasteiger partial charge in [-0.3, -0.25) is 4.90 Å². The van der Waals surface area contributed by atoms with E-state index in [1.807, 2.05) is 4.90 Å². The van der Waals surface area contributed by atoms with Crippen LogP contribution in [0.2, 0.25) is 0 Å². The molecule has 3 rings (SSSR count). The van der Waals surface area contributed by atoms with Gasteiger partial charge in [0.25, 0.3) is 0 Å². The molecule has 0 radical (unpaired) electrons. The van der Waals surface area contributed by atoms with Gasteiger partial charge < -0.3 is 14.4 Å². The number of ether oxygens (including phenoxy) is 1. The molecular weight excluding hydrogens is 320 g/mol. The number of rotatable bonds is 6. The van der Waals surface area contributed by atoms with Crippen molar-refractivity contribution in [1.82, 2.24) is 15.0 Å². The first-order chi connectivity index (χ1) is 11.6. The molecule has 1 aromatic heterocycles. The van der Waals surface area contributed by atoms with Crippen LogP contribution in [-0.4, -0.2) is 46.5 Å². The highest BCUT2D eigenvalue weighted by Crippen LogP contribution is 2.34. The van der Waals surface area contributed by atoms with Crippen LogP contribution in [0.15, 0.2) is 22.7 Å². The summed E-state index contributed by atoms with van der Waals surface area (Å²) in [5.74, 6) is -0.101. The van der Waals surface area contributed by atoms with Gasteiger partial charge in [0.1, 0.15) is 11.6 Å². The van der Waals surface area contributed by atoms with Gasteiger partial charge in [-0.1, -0.05) is 5.16 Å². The highest BCUT2D eigenvalue weighted by molar-refractivity contribution is 5.24. The Hall–Kier alpha value is -1.90. The topological polar surface area (TPSA) is 71.6 Å². The average Bonchev–Trinajstić information content (AvgIpc) is 3.14. The Morgan fingerprint density at radius 3 is 3.04 bits per heavy atom. The fourth-order valence-electron chi connectivity index (χ4n) is 2.97. The number of hydrogen-bond acceptors (Lipinski definition) is 6. The Bertz CT molecular complexity index is 695. The average molecular weight is 339 g/mol. The maximum atomic E-state index is 14.1. The number of nitrogens with zero attached hydrogens (tertiary/aromatic N) is 3. The van der Waals surface area contributed by atoms with Crippen LogP contribution in [0.1, 0.15) is 29.7 Å². The van der Waals surface area contributed by atoms with E-state index in [0.29, 0.717) is 37.7 Å². The van der Waals surface area contributed by atoms with Gasteiger partial charge in [-0.2, -0.15) is 4.98 Å². The molecule has 1 aliphatic rings. The van der Waals surface area contributed by atoms with E-state index in [2.05, 4.69) is 10.1 Å². The third-order valence-electron chi connectivity index (χ3n) is 4.08. The minimum Gasteiger partial charge on any atom is -0.392 e. The van der Waals surface area contributed by atoms with Crippen molar-refractivity contribution in [3.05, 3.63) is 47.1 Å². The Labute approximate surface area is 138 Å². The van der Waals surface area contributed by atoms with Crippen LogP contribution < -0.4 is 0 Å². The van der Waals surface area contributed by atoms with Gasteiger partial charge >= 0.3 is 0 Å². The molecule has 1 N–H and O–H groups in total. The molecule has 0 saturated carbocycles. The normalized spacial score (nSPS) is 21.5. The van der Waals surface area contributed by atoms with Crippen LogP contribution in [0.3, 0.4) is 0 Å². The van der Waals surface area contributed by atoms with E-state index in [9.17, 15) is 13.9 Å². The smallest absolute Gasteiger partial charge is 0.240 e. The maximum absolute atomic E-state index is 14.1. The van der Waals surface area contributed by atoms with Gasteiger partial charge in [-0.05, 0) is 24.6 Å². The van der Waals surface area contributed by atoms with E-state index < -0.39 is 23.8 Å². The van der Waals surface area contributed by atoms with E-state index in [4.69, 9.17) is 9.26 Å². The largest absolute Gasteiger partial charge is 0.392 e. The number of aromatic nitrogens is 2. The Morgan fingerprint density at radius 1 is 1.42 bits per heavy atom. The minimum absolute atomic E-state index is 0.227. The van der Waals surface area contributed by atoms with Crippen molar-refractivity contribution in [1.29, 1.82) is 0 Å². The molecule has 0 spiro atoms. The van der Waals surface area contributed by atoms with Crippen LogP contribution >= 0.6 is 0 Å². The highest BCUT2D eigenvalue weighted by Gasteiger charge is 2.34. The van der Waals surface area contributed by atoms with Crippen LogP contribution in [-0.2, 0) is 17.7 Å². The van der Waals surface area contributed by atoms with E-state index in [1.165, 1.54) is 6.07 Å². The molecule has 24 heavy (non-hydrogen) atoms. The lowest BCUT2D eigenvalue weighted by Crippen LogP contribution is -2.25. The van der Waals surface area contributed by atoms with Crippen molar-refractivity contribution in [2.24, 2.45) is 0 Å². The van der Waals surface area contributed by atoms with Gasteiger partial charge in [0, 0.05) is 31.7 Å². The minimum atomic E-state index is -0.617. The van der Waals surface area contributed by atoms with Crippen LogP contribution in [0.4, 0.5) is 8.78 Å². The Balaban J connectivity index is 1.76. The second kappa shape index (κ2) is 7.33. The summed E-state index contributed by atoms with van der Waals surface area (Å²) in [6.07, 6.45) is 0.240. The number of hydrogen-bond donors (Lipinski definition) is 1. The number of methoxy groups -OCH3 is 1. The summed E-state index contributed by atoms with van der Waals surface area (Å²) in [6.45, 7) is 1.08. The molecule has 130 valence electrons. The van der Waals surface area contributed by atoms with E-state index in [1.54, 1.807) is 7.11 Å². The lowest BCUT2D eigenvalue weighted by atomic mass is 10.0. The summed E-state index contributed by atoms with van der Waals surface area (Å²) >= 11 is 0. The number of aliphatic hydroxyl groups excluding tert-OH is 1. The standard InChI is InChI=1S/C16H19F2N3O3/c1-23-5-4-15-19-16(24-20-15)9-21-8-11(22)7-14(21)12-6-10(17)2-3-13(12)18/h2-3,6,11,14,22H,4-5,7-9H2,1H3/t11-,14-/m1/s1. The molecule has 0 amide bonds. The first-order valence-corrected chi connectivity index (χ1v) is 7.74. The Morgan fingerprint density at radius 2 is 2.25 bits per heavy atom. The van der Waals surface area contributed by atoms with Gasteiger partial charge in [0.2, 0.25) is 5.89 Å². The van der Waals surface area contributed by atoms with Gasteiger partial charge in [0.15, 0.2) is 5.82 Å². The first-order valence-electron chi connectivity index (χ1n) is 7.74. The quantitative estimate of drug-likeness (QED) is 0.866. The number of likely N-dealkylation sites (tertiary alicyclic amines) is 1. The van der Waals surface area contributed by atoms with Crippen molar-refractivity contribution in [2.45, 2.75) is 31.5 Å². The zero-order valence-corrected chi connectivity index (χ0v) is 13.3. The molecule has 2 aromatic rings. The van der Waals surface area contributed by atoms with Crippen molar-refractivity contribution >= 4 is 0 Å². The summed E-state index contributed by atoms with van der Waals surface area (Å²) in [4.78, 5) is 6.07. The van der Waals surface area contributed by atoms with Crippen LogP contribution in [0.25, 0.3) is 0 Å². The molecule has 6 nitrogen and oxygen atoms in total. The molecule has 0 aliphatic carbocycles.